The van der Waals surface area contributed by atoms with Gasteiger partial charge in [-0.15, -0.1) is 10.2 Å². The average Bonchev–Trinajstić information content (AvgIpc) is 3.07. The molecule has 3 rings (SSSR count). The maximum atomic E-state index is 12.1. The predicted octanol–water partition coefficient (Wildman–Crippen LogP) is 4.13. The number of hydrogen-bond acceptors (Lipinski definition) is 7. The fraction of sp³-hybridized carbons (Fsp3) is 0.263. The Labute approximate surface area is 188 Å². The van der Waals surface area contributed by atoms with E-state index >= 15 is 0 Å². The molecule has 0 unspecified atom stereocenters. The van der Waals surface area contributed by atoms with Gasteiger partial charge in [0, 0.05) is 6.20 Å². The normalized spacial score (nSPS) is 11.0. The summed E-state index contributed by atoms with van der Waals surface area (Å²) in [5.74, 6) is 7.59. The summed E-state index contributed by atoms with van der Waals surface area (Å²) in [6, 6.07) is 9.35. The van der Waals surface area contributed by atoms with Crippen LogP contribution in [0, 0.1) is 0 Å². The number of benzene rings is 1. The minimum Gasteiger partial charge on any atom is -0.486 e. The highest BCUT2D eigenvalue weighted by Crippen LogP contribution is 2.23. The molecule has 0 aliphatic rings. The third-order valence-corrected chi connectivity index (χ3v) is 5.49. The summed E-state index contributed by atoms with van der Waals surface area (Å²) in [7, 11) is 0. The molecule has 2 aromatic heterocycles. The van der Waals surface area contributed by atoms with Crippen LogP contribution in [0.4, 0.5) is 5.82 Å². The Morgan fingerprint density at radius 2 is 2.00 bits per heavy atom. The molecule has 1 aromatic carbocycles. The van der Waals surface area contributed by atoms with Crippen molar-refractivity contribution in [2.75, 3.05) is 16.9 Å². The van der Waals surface area contributed by atoms with Crippen LogP contribution in [0.25, 0.3) is 0 Å². The Morgan fingerprint density at radius 1 is 1.27 bits per heavy atom. The summed E-state index contributed by atoms with van der Waals surface area (Å²) >= 11 is 12.9. The fourth-order valence-electron chi connectivity index (χ4n) is 2.41. The molecule has 0 saturated carbocycles. The lowest BCUT2D eigenvalue weighted by Crippen LogP contribution is -2.18. The second-order valence-corrected chi connectivity index (χ2v) is 8.39. The number of nitrogen functional groups attached to an aromatic ring is 1. The lowest BCUT2D eigenvalue weighted by Gasteiger charge is -2.09. The maximum Gasteiger partial charge on any atom is 0.236 e. The van der Waals surface area contributed by atoms with Gasteiger partial charge in [-0.3, -0.25) is 4.79 Å². The highest BCUT2D eigenvalue weighted by atomic mass is 35.5. The molecule has 2 heterocycles. The number of hydrogen-bond donors (Lipinski definition) is 2. The lowest BCUT2D eigenvalue weighted by atomic mass is 10.0. The van der Waals surface area contributed by atoms with E-state index in [0.29, 0.717) is 27.7 Å². The third-order valence-electron chi connectivity index (χ3n) is 4.05. The molecule has 0 fully saturated rings. The van der Waals surface area contributed by atoms with Crippen LogP contribution >= 0.6 is 35.0 Å². The number of nitrogens with one attached hydrogen (secondary N) is 1. The molecular weight excluding hydrogens is 447 g/mol. The van der Waals surface area contributed by atoms with Gasteiger partial charge in [-0.1, -0.05) is 60.9 Å². The van der Waals surface area contributed by atoms with Gasteiger partial charge in [0.15, 0.2) is 11.6 Å². The fourth-order valence-corrected chi connectivity index (χ4v) is 3.51. The number of nitrogens with zero attached hydrogens (tertiary/aromatic N) is 4. The van der Waals surface area contributed by atoms with E-state index in [2.05, 4.69) is 34.3 Å². The third kappa shape index (κ3) is 5.78. The zero-order valence-corrected chi connectivity index (χ0v) is 18.6. The first-order valence-corrected chi connectivity index (χ1v) is 10.7. The Morgan fingerprint density at radius 3 is 2.67 bits per heavy atom. The van der Waals surface area contributed by atoms with Crippen molar-refractivity contribution >= 4 is 46.7 Å². The molecule has 8 nitrogen and oxygen atoms in total. The molecule has 0 atom stereocenters. The van der Waals surface area contributed by atoms with Crippen LogP contribution in [0.2, 0.25) is 10.0 Å². The number of nitrogens with two attached hydrogens (primary N) is 1. The molecule has 3 aromatic rings. The topological polar surface area (TPSA) is 108 Å². The van der Waals surface area contributed by atoms with E-state index in [4.69, 9.17) is 33.8 Å². The number of amides is 1. The number of pyridine rings is 1. The minimum atomic E-state index is -0.317. The second-order valence-electron chi connectivity index (χ2n) is 6.60. The summed E-state index contributed by atoms with van der Waals surface area (Å²) in [6.45, 7) is 4.42. The van der Waals surface area contributed by atoms with Gasteiger partial charge in [-0.2, -0.15) is 0 Å². The Hall–Kier alpha value is -2.49. The molecule has 30 heavy (non-hydrogen) atoms. The predicted molar refractivity (Wildman–Crippen MR) is 119 cm³/mol. The number of anilines is 1. The minimum absolute atomic E-state index is 0.0491. The number of halogens is 2. The van der Waals surface area contributed by atoms with Crippen LogP contribution < -0.4 is 15.9 Å². The first-order chi connectivity index (χ1) is 14.3. The Bertz CT molecular complexity index is 1030. The number of ether oxygens (including phenoxy) is 1. The largest absolute Gasteiger partial charge is 0.486 e. The summed E-state index contributed by atoms with van der Waals surface area (Å²) in [6.07, 6.45) is 1.40. The van der Waals surface area contributed by atoms with Crippen molar-refractivity contribution < 1.29 is 9.53 Å². The average molecular weight is 467 g/mol. The number of carbonyl (C=O) groups is 1. The van der Waals surface area contributed by atoms with Crippen molar-refractivity contribution in [2.45, 2.75) is 31.5 Å². The number of thioether (sulfide) groups is 1. The molecule has 0 spiro atoms. The van der Waals surface area contributed by atoms with Crippen LogP contribution in [0.3, 0.4) is 0 Å². The lowest BCUT2D eigenvalue weighted by molar-refractivity contribution is -0.113. The van der Waals surface area contributed by atoms with Crippen LogP contribution in [-0.4, -0.2) is 31.5 Å². The van der Waals surface area contributed by atoms with E-state index < -0.39 is 0 Å². The first kappa shape index (κ1) is 22.2. The second kappa shape index (κ2) is 10.0. The van der Waals surface area contributed by atoms with Gasteiger partial charge < -0.3 is 15.9 Å². The van der Waals surface area contributed by atoms with Crippen molar-refractivity contribution in [1.29, 1.82) is 0 Å². The molecule has 0 aliphatic heterocycles. The van der Waals surface area contributed by atoms with Crippen LogP contribution in [-0.2, 0) is 11.4 Å². The van der Waals surface area contributed by atoms with Crippen LogP contribution in [0.15, 0.2) is 41.7 Å². The number of rotatable bonds is 8. The molecule has 1 amide bonds. The molecule has 11 heteroatoms. The van der Waals surface area contributed by atoms with Crippen LogP contribution in [0.5, 0.6) is 5.75 Å². The quantitative estimate of drug-likeness (QED) is 0.379. The van der Waals surface area contributed by atoms with Gasteiger partial charge >= 0.3 is 0 Å². The molecule has 158 valence electrons. The van der Waals surface area contributed by atoms with E-state index in [1.807, 2.05) is 24.3 Å². The summed E-state index contributed by atoms with van der Waals surface area (Å²) in [5, 5.41) is 11.7. The van der Waals surface area contributed by atoms with Gasteiger partial charge in [-0.05, 0) is 29.7 Å². The highest BCUT2D eigenvalue weighted by molar-refractivity contribution is 7.99. The summed E-state index contributed by atoms with van der Waals surface area (Å²) in [5.41, 5.74) is 1.23. The molecule has 3 N–H and O–H groups in total. The smallest absolute Gasteiger partial charge is 0.236 e. The Kier molecular flexibility index (Phi) is 7.41. The molecule has 0 aliphatic carbocycles. The van der Waals surface area contributed by atoms with Gasteiger partial charge in [0.2, 0.25) is 11.1 Å². The number of aromatic nitrogens is 4. The van der Waals surface area contributed by atoms with Crippen molar-refractivity contribution in [3.8, 4) is 5.75 Å². The summed E-state index contributed by atoms with van der Waals surface area (Å²) < 4.78 is 7.02. The summed E-state index contributed by atoms with van der Waals surface area (Å²) in [4.78, 5) is 16.1. The molecular formula is C19H20Cl2N6O2S. The van der Waals surface area contributed by atoms with Crippen molar-refractivity contribution in [1.82, 2.24) is 19.9 Å². The molecule has 0 bridgehead atoms. The zero-order valence-electron chi connectivity index (χ0n) is 16.3. The van der Waals surface area contributed by atoms with E-state index in [-0.39, 0.29) is 29.1 Å². The number of carbonyl (C=O) groups excluding carboxylic acids is 1. The zero-order chi connectivity index (χ0) is 21.7. The van der Waals surface area contributed by atoms with E-state index in [9.17, 15) is 4.79 Å². The van der Waals surface area contributed by atoms with Crippen molar-refractivity contribution in [3.05, 3.63) is 58.0 Å². The van der Waals surface area contributed by atoms with Gasteiger partial charge in [0.1, 0.15) is 12.4 Å². The molecule has 0 saturated heterocycles. The van der Waals surface area contributed by atoms with E-state index in [0.717, 1.165) is 11.8 Å². The van der Waals surface area contributed by atoms with Gasteiger partial charge in [-0.25, -0.2) is 9.66 Å². The van der Waals surface area contributed by atoms with Crippen molar-refractivity contribution in [2.24, 2.45) is 0 Å². The first-order valence-electron chi connectivity index (χ1n) is 8.99. The monoisotopic (exact) mass is 466 g/mol. The van der Waals surface area contributed by atoms with Crippen molar-refractivity contribution in [3.63, 3.8) is 0 Å². The highest BCUT2D eigenvalue weighted by Gasteiger charge is 2.14. The maximum absolute atomic E-state index is 12.1. The van der Waals surface area contributed by atoms with Gasteiger partial charge in [0.25, 0.3) is 0 Å². The Balaban J connectivity index is 1.52. The van der Waals surface area contributed by atoms with Crippen LogP contribution in [0.1, 0.15) is 31.2 Å². The van der Waals surface area contributed by atoms with E-state index in [1.54, 1.807) is 0 Å². The molecule has 0 radical (unpaired) electrons. The van der Waals surface area contributed by atoms with E-state index in [1.165, 1.54) is 22.5 Å². The standard InChI is InChI=1S/C19H20Cl2N6O2S/c1-11(2)12-3-5-14(6-4-12)29-9-16-25-26-19(27(16)22)30-10-17(28)24-18-15(21)7-13(20)8-23-18/h3-8,11H,9-10,22H2,1-2H3,(H,23,24,28). The SMILES string of the molecule is CC(C)c1ccc(OCc2nnc(SCC(=O)Nc3ncc(Cl)cc3Cl)n2N)cc1. The van der Waals surface area contributed by atoms with Gasteiger partial charge in [0.05, 0.1) is 15.8 Å².